The van der Waals surface area contributed by atoms with Gasteiger partial charge in [-0.15, -0.1) is 0 Å². The molecular weight excluding hydrogens is 198 g/mol. The van der Waals surface area contributed by atoms with E-state index < -0.39 is 4.92 Å². The van der Waals surface area contributed by atoms with E-state index in [1.807, 2.05) is 0 Å². The van der Waals surface area contributed by atoms with Crippen LogP contribution in [0.1, 0.15) is 5.69 Å². The Balaban J connectivity index is 3.09. The molecule has 0 aliphatic rings. The van der Waals surface area contributed by atoms with Gasteiger partial charge in [0.2, 0.25) is 5.69 Å². The largest absolute Gasteiger partial charge is 0.305 e. The van der Waals surface area contributed by atoms with Gasteiger partial charge in [-0.3, -0.25) is 10.1 Å². The zero-order chi connectivity index (χ0) is 11.4. The van der Waals surface area contributed by atoms with Crippen molar-refractivity contribution in [2.45, 2.75) is 0 Å². The van der Waals surface area contributed by atoms with Crippen molar-refractivity contribution in [3.8, 4) is 6.07 Å². The zero-order valence-corrected chi connectivity index (χ0v) is 8.26. The fourth-order valence-electron chi connectivity index (χ4n) is 0.973. The molecule has 0 aliphatic carbocycles. The number of hydrogen-bond donors (Lipinski definition) is 1. The summed E-state index contributed by atoms with van der Waals surface area (Å²) in [6.07, 6.45) is 0. The maximum atomic E-state index is 10.5. The van der Waals surface area contributed by atoms with Crippen LogP contribution in [0, 0.1) is 21.4 Å². The molecule has 1 aromatic rings. The van der Waals surface area contributed by atoms with Gasteiger partial charge in [-0.1, -0.05) is 0 Å². The number of nitro groups is 1. The first-order chi connectivity index (χ1) is 7.04. The molecule has 0 aromatic carbocycles. The molecule has 0 amide bonds. The van der Waals surface area contributed by atoms with E-state index in [1.165, 1.54) is 12.1 Å². The summed E-state index contributed by atoms with van der Waals surface area (Å²) in [7, 11) is 3.49. The topological polar surface area (TPSA) is 95.1 Å². The number of nitriles is 1. The summed E-state index contributed by atoms with van der Waals surface area (Å²) in [4.78, 5) is 13.7. The highest BCUT2D eigenvalue weighted by Gasteiger charge is 2.15. The van der Waals surface area contributed by atoms with Crippen LogP contribution in [0.25, 0.3) is 0 Å². The first kappa shape index (κ1) is 10.9. The van der Waals surface area contributed by atoms with Crippen LogP contribution in [0.2, 0.25) is 0 Å². The molecule has 7 heteroatoms. The molecular formula is C8H9N5O2. The number of anilines is 1. The lowest BCUT2D eigenvalue weighted by Gasteiger charge is -2.11. The average molecular weight is 207 g/mol. The van der Waals surface area contributed by atoms with Gasteiger partial charge in [0.25, 0.3) is 0 Å². The lowest BCUT2D eigenvalue weighted by Crippen LogP contribution is -2.20. The van der Waals surface area contributed by atoms with Gasteiger partial charge < -0.3 is 5.43 Å². The predicted octanol–water partition coefficient (Wildman–Crippen LogP) is 0.750. The van der Waals surface area contributed by atoms with Crippen molar-refractivity contribution in [3.05, 3.63) is 27.9 Å². The Morgan fingerprint density at radius 1 is 1.60 bits per heavy atom. The maximum Gasteiger partial charge on any atom is 0.305 e. The van der Waals surface area contributed by atoms with Gasteiger partial charge in [-0.25, -0.2) is 9.99 Å². The molecule has 0 radical (unpaired) electrons. The number of pyridine rings is 1. The summed E-state index contributed by atoms with van der Waals surface area (Å²) >= 11 is 0. The summed E-state index contributed by atoms with van der Waals surface area (Å²) in [5, 5.41) is 20.8. The van der Waals surface area contributed by atoms with Crippen LogP contribution in [0.3, 0.4) is 0 Å². The minimum Gasteiger partial charge on any atom is -0.304 e. The highest BCUT2D eigenvalue weighted by molar-refractivity contribution is 5.49. The number of rotatable bonds is 3. The quantitative estimate of drug-likeness (QED) is 0.580. The van der Waals surface area contributed by atoms with Crippen LogP contribution in [-0.4, -0.2) is 29.0 Å². The normalized spacial score (nSPS) is 9.73. The Hall–Kier alpha value is -2.20. The van der Waals surface area contributed by atoms with Crippen LogP contribution in [0.5, 0.6) is 0 Å². The van der Waals surface area contributed by atoms with Crippen molar-refractivity contribution in [3.63, 3.8) is 0 Å². The smallest absolute Gasteiger partial charge is 0.304 e. The minimum absolute atomic E-state index is 0.202. The van der Waals surface area contributed by atoms with E-state index in [4.69, 9.17) is 5.26 Å². The first-order valence-electron chi connectivity index (χ1n) is 4.04. The average Bonchev–Trinajstić information content (AvgIpc) is 2.16. The number of nitrogens with one attached hydrogen (secondary N) is 1. The minimum atomic E-state index is -0.634. The van der Waals surface area contributed by atoms with Crippen LogP contribution in [-0.2, 0) is 0 Å². The molecule has 0 atom stereocenters. The lowest BCUT2D eigenvalue weighted by atomic mass is 10.3. The van der Waals surface area contributed by atoms with Gasteiger partial charge in [0.1, 0.15) is 11.9 Å². The summed E-state index contributed by atoms with van der Waals surface area (Å²) in [6, 6.07) is 4.37. The molecule has 0 saturated carbocycles. The van der Waals surface area contributed by atoms with Crippen LogP contribution in [0.4, 0.5) is 11.5 Å². The molecule has 78 valence electrons. The Bertz CT molecular complexity index is 424. The van der Waals surface area contributed by atoms with Crippen molar-refractivity contribution >= 4 is 11.5 Å². The predicted molar refractivity (Wildman–Crippen MR) is 52.9 cm³/mol. The number of hydrazine groups is 1. The van der Waals surface area contributed by atoms with Gasteiger partial charge in [0.15, 0.2) is 0 Å². The second-order valence-electron chi connectivity index (χ2n) is 2.94. The molecule has 0 spiro atoms. The van der Waals surface area contributed by atoms with Gasteiger partial charge in [-0.2, -0.15) is 5.26 Å². The third kappa shape index (κ3) is 2.62. The summed E-state index contributed by atoms with van der Waals surface area (Å²) in [6.45, 7) is 0. The Morgan fingerprint density at radius 3 is 2.73 bits per heavy atom. The molecule has 1 heterocycles. The second-order valence-corrected chi connectivity index (χ2v) is 2.94. The third-order valence-corrected chi connectivity index (χ3v) is 1.51. The highest BCUT2D eigenvalue weighted by Crippen LogP contribution is 2.17. The van der Waals surface area contributed by atoms with Gasteiger partial charge >= 0.3 is 5.69 Å². The van der Waals surface area contributed by atoms with Crippen molar-refractivity contribution < 1.29 is 4.92 Å². The molecule has 0 aliphatic heterocycles. The van der Waals surface area contributed by atoms with E-state index in [0.29, 0.717) is 5.82 Å². The molecule has 1 N–H and O–H groups in total. The van der Waals surface area contributed by atoms with Crippen LogP contribution >= 0.6 is 0 Å². The summed E-state index contributed by atoms with van der Waals surface area (Å²) < 4.78 is 0. The summed E-state index contributed by atoms with van der Waals surface area (Å²) in [5.74, 6) is 0.391. The van der Waals surface area contributed by atoms with Gasteiger partial charge in [0, 0.05) is 20.2 Å². The molecule has 15 heavy (non-hydrogen) atoms. The number of aromatic nitrogens is 1. The zero-order valence-electron chi connectivity index (χ0n) is 8.26. The number of nitrogens with zero attached hydrogens (tertiary/aromatic N) is 4. The molecule has 0 bridgehead atoms. The molecule has 0 unspecified atom stereocenters. The molecule has 7 nitrogen and oxygen atoms in total. The fraction of sp³-hybridized carbons (Fsp3) is 0.250. The Morgan fingerprint density at radius 2 is 2.27 bits per heavy atom. The van der Waals surface area contributed by atoms with E-state index >= 15 is 0 Å². The van der Waals surface area contributed by atoms with Crippen molar-refractivity contribution in [1.29, 1.82) is 5.26 Å². The first-order valence-corrected chi connectivity index (χ1v) is 4.04. The van der Waals surface area contributed by atoms with E-state index in [2.05, 4.69) is 10.4 Å². The highest BCUT2D eigenvalue weighted by atomic mass is 16.6. The van der Waals surface area contributed by atoms with E-state index in [9.17, 15) is 10.1 Å². The SMILES string of the molecule is CN(C)Nc1ccc([N+](=O)[O-])c(C#N)n1. The molecule has 0 saturated heterocycles. The molecule has 1 aromatic heterocycles. The fourth-order valence-corrected chi connectivity index (χ4v) is 0.973. The van der Waals surface area contributed by atoms with E-state index in [0.717, 1.165) is 0 Å². The molecule has 0 fully saturated rings. The Labute approximate surface area is 86.1 Å². The molecule has 1 rings (SSSR count). The van der Waals surface area contributed by atoms with E-state index in [1.54, 1.807) is 25.2 Å². The van der Waals surface area contributed by atoms with Crippen LogP contribution < -0.4 is 5.43 Å². The lowest BCUT2D eigenvalue weighted by molar-refractivity contribution is -0.385. The number of hydrogen-bond acceptors (Lipinski definition) is 6. The summed E-state index contributed by atoms with van der Waals surface area (Å²) in [5.41, 5.74) is 2.30. The van der Waals surface area contributed by atoms with Gasteiger partial charge in [0.05, 0.1) is 4.92 Å². The van der Waals surface area contributed by atoms with Crippen LogP contribution in [0.15, 0.2) is 12.1 Å². The van der Waals surface area contributed by atoms with Crippen molar-refractivity contribution in [2.24, 2.45) is 0 Å². The second kappa shape index (κ2) is 4.34. The van der Waals surface area contributed by atoms with Gasteiger partial charge in [-0.05, 0) is 6.07 Å². The third-order valence-electron chi connectivity index (χ3n) is 1.51. The Kier molecular flexibility index (Phi) is 3.15. The monoisotopic (exact) mass is 207 g/mol. The van der Waals surface area contributed by atoms with Crippen molar-refractivity contribution in [1.82, 2.24) is 9.99 Å². The van der Waals surface area contributed by atoms with Crippen molar-refractivity contribution in [2.75, 3.05) is 19.5 Å². The van der Waals surface area contributed by atoms with E-state index in [-0.39, 0.29) is 11.4 Å². The standard InChI is InChI=1S/C8H9N5O2/c1-12(2)11-8-4-3-7(13(14)15)6(5-9)10-8/h3-4H,1-2H3,(H,10,11). The maximum absolute atomic E-state index is 10.5.